The fourth-order valence-electron chi connectivity index (χ4n) is 3.53. The van der Waals surface area contributed by atoms with Crippen molar-refractivity contribution in [2.24, 2.45) is 17.8 Å². The number of fused-ring (bicyclic) bond motifs is 1. The van der Waals surface area contributed by atoms with Crippen molar-refractivity contribution in [2.45, 2.75) is 51.5 Å². The molecule has 0 aromatic rings. The van der Waals surface area contributed by atoms with Crippen LogP contribution in [0.15, 0.2) is 24.2 Å². The van der Waals surface area contributed by atoms with Crippen LogP contribution in [0.3, 0.4) is 0 Å². The molecule has 1 amide bonds. The molecule has 2 fully saturated rings. The Morgan fingerprint density at radius 2 is 2.29 bits per heavy atom. The van der Waals surface area contributed by atoms with Gasteiger partial charge in [-0.2, -0.15) is 0 Å². The number of carbonyl (C=O) groups excluding carboxylic acids is 1. The second kappa shape index (κ2) is 6.54. The van der Waals surface area contributed by atoms with Crippen LogP contribution in [-0.2, 0) is 9.53 Å². The van der Waals surface area contributed by atoms with Crippen LogP contribution < -0.4 is 10.6 Å². The van der Waals surface area contributed by atoms with Crippen LogP contribution in [-0.4, -0.2) is 18.6 Å². The molecule has 116 valence electrons. The molecule has 2 saturated carbocycles. The lowest BCUT2D eigenvalue weighted by Gasteiger charge is -2.32. The minimum atomic E-state index is 0.224. The van der Waals surface area contributed by atoms with Crippen LogP contribution in [0.25, 0.3) is 0 Å². The second-order valence-electron chi connectivity index (χ2n) is 6.45. The van der Waals surface area contributed by atoms with Crippen molar-refractivity contribution in [3.05, 3.63) is 24.2 Å². The predicted molar refractivity (Wildman–Crippen MR) is 82.1 cm³/mol. The summed E-state index contributed by atoms with van der Waals surface area (Å²) >= 11 is 0. The normalized spacial score (nSPS) is 32.0. The topological polar surface area (TPSA) is 50.4 Å². The Bertz CT molecular complexity index is 440. The van der Waals surface area contributed by atoms with Gasteiger partial charge in [-0.1, -0.05) is 6.42 Å². The van der Waals surface area contributed by atoms with Gasteiger partial charge in [-0.15, -0.1) is 0 Å². The molecule has 0 aromatic heterocycles. The summed E-state index contributed by atoms with van der Waals surface area (Å²) in [6.07, 6.45) is 12.8. The van der Waals surface area contributed by atoms with Crippen molar-refractivity contribution in [3.63, 3.8) is 0 Å². The highest BCUT2D eigenvalue weighted by atomic mass is 16.5. The highest BCUT2D eigenvalue weighted by Gasteiger charge is 2.37. The molecular formula is C17H26N2O2. The zero-order valence-corrected chi connectivity index (χ0v) is 12.8. The fraction of sp³-hybridized carbons (Fsp3) is 0.706. The first-order valence-corrected chi connectivity index (χ1v) is 8.33. The van der Waals surface area contributed by atoms with Crippen molar-refractivity contribution in [2.75, 3.05) is 6.61 Å². The maximum Gasteiger partial charge on any atom is 0.227 e. The number of hydrogen-bond acceptors (Lipinski definition) is 3. The summed E-state index contributed by atoms with van der Waals surface area (Å²) in [5.41, 5.74) is 1.10. The SMILES string of the molecule is CCO/C=C/C1CCC2NC=C(NC(=O)C3CCC3)C2C1. The van der Waals surface area contributed by atoms with Gasteiger partial charge in [0.25, 0.3) is 0 Å². The Hall–Kier alpha value is -1.45. The van der Waals surface area contributed by atoms with Gasteiger partial charge in [0.1, 0.15) is 0 Å². The van der Waals surface area contributed by atoms with Gasteiger partial charge in [-0.05, 0) is 51.0 Å². The van der Waals surface area contributed by atoms with E-state index in [2.05, 4.69) is 16.7 Å². The van der Waals surface area contributed by atoms with Gasteiger partial charge in [0.2, 0.25) is 5.91 Å². The smallest absolute Gasteiger partial charge is 0.227 e. The van der Waals surface area contributed by atoms with E-state index in [0.717, 1.165) is 38.0 Å². The average Bonchev–Trinajstić information content (AvgIpc) is 2.80. The zero-order chi connectivity index (χ0) is 14.7. The molecule has 3 rings (SSSR count). The Morgan fingerprint density at radius 1 is 1.43 bits per heavy atom. The van der Waals surface area contributed by atoms with Gasteiger partial charge in [0, 0.05) is 29.8 Å². The maximum absolute atomic E-state index is 12.1. The number of ether oxygens (including phenoxy) is 1. The lowest BCUT2D eigenvalue weighted by molar-refractivity contribution is -0.126. The van der Waals surface area contributed by atoms with Crippen molar-refractivity contribution in [1.29, 1.82) is 0 Å². The van der Waals surface area contributed by atoms with E-state index in [1.54, 1.807) is 0 Å². The molecule has 4 heteroatoms. The van der Waals surface area contributed by atoms with E-state index >= 15 is 0 Å². The third-order valence-corrected chi connectivity index (χ3v) is 5.10. The van der Waals surface area contributed by atoms with Gasteiger partial charge in [0.15, 0.2) is 0 Å². The molecule has 0 bridgehead atoms. The van der Waals surface area contributed by atoms with Crippen LogP contribution >= 0.6 is 0 Å². The number of carbonyl (C=O) groups is 1. The summed E-state index contributed by atoms with van der Waals surface area (Å²) in [5, 5.41) is 6.62. The Morgan fingerprint density at radius 3 is 3.00 bits per heavy atom. The van der Waals surface area contributed by atoms with Gasteiger partial charge in [0.05, 0.1) is 12.9 Å². The summed E-state index contributed by atoms with van der Waals surface area (Å²) in [4.78, 5) is 12.1. The highest BCUT2D eigenvalue weighted by Crippen LogP contribution is 2.37. The van der Waals surface area contributed by atoms with Crippen molar-refractivity contribution < 1.29 is 9.53 Å². The Balaban J connectivity index is 1.55. The Labute approximate surface area is 127 Å². The Kier molecular flexibility index (Phi) is 4.51. The van der Waals surface area contributed by atoms with Gasteiger partial charge in [-0.3, -0.25) is 4.79 Å². The molecule has 21 heavy (non-hydrogen) atoms. The highest BCUT2D eigenvalue weighted by molar-refractivity contribution is 5.81. The molecule has 0 saturated heterocycles. The standard InChI is InChI=1S/C17H26N2O2/c1-2-21-9-8-12-6-7-15-14(10-12)16(11-18-15)19-17(20)13-4-3-5-13/h8-9,11-15,18H,2-7,10H2,1H3,(H,19,20)/b9-8+. The number of allylic oxidation sites excluding steroid dienone is 1. The summed E-state index contributed by atoms with van der Waals surface area (Å²) < 4.78 is 5.31. The first-order valence-electron chi connectivity index (χ1n) is 8.33. The third kappa shape index (κ3) is 3.25. The van der Waals surface area contributed by atoms with E-state index in [-0.39, 0.29) is 11.8 Å². The summed E-state index contributed by atoms with van der Waals surface area (Å²) in [6.45, 7) is 2.72. The second-order valence-corrected chi connectivity index (χ2v) is 6.45. The minimum Gasteiger partial charge on any atom is -0.502 e. The van der Waals surface area contributed by atoms with E-state index in [0.29, 0.717) is 17.9 Å². The molecular weight excluding hydrogens is 264 g/mol. The molecule has 2 N–H and O–H groups in total. The number of rotatable bonds is 5. The van der Waals surface area contributed by atoms with E-state index in [1.165, 1.54) is 12.8 Å². The first kappa shape index (κ1) is 14.5. The summed E-state index contributed by atoms with van der Waals surface area (Å²) in [6, 6.07) is 0.499. The lowest BCUT2D eigenvalue weighted by Crippen LogP contribution is -2.39. The third-order valence-electron chi connectivity index (χ3n) is 5.10. The molecule has 3 unspecified atom stereocenters. The monoisotopic (exact) mass is 290 g/mol. The molecule has 4 nitrogen and oxygen atoms in total. The number of nitrogens with one attached hydrogen (secondary N) is 2. The number of hydrogen-bond donors (Lipinski definition) is 2. The van der Waals surface area contributed by atoms with E-state index in [9.17, 15) is 4.79 Å². The number of amides is 1. The van der Waals surface area contributed by atoms with Gasteiger partial charge >= 0.3 is 0 Å². The van der Waals surface area contributed by atoms with E-state index in [4.69, 9.17) is 4.74 Å². The molecule has 0 aromatic carbocycles. The predicted octanol–water partition coefficient (Wildman–Crippen LogP) is 2.68. The largest absolute Gasteiger partial charge is 0.502 e. The van der Waals surface area contributed by atoms with Crippen LogP contribution in [0.4, 0.5) is 0 Å². The summed E-state index contributed by atoms with van der Waals surface area (Å²) in [7, 11) is 0. The molecule has 2 aliphatic carbocycles. The van der Waals surface area contributed by atoms with Crippen molar-refractivity contribution in [3.8, 4) is 0 Å². The van der Waals surface area contributed by atoms with Gasteiger partial charge < -0.3 is 15.4 Å². The zero-order valence-electron chi connectivity index (χ0n) is 12.8. The molecule has 3 aliphatic rings. The van der Waals surface area contributed by atoms with Crippen LogP contribution in [0.2, 0.25) is 0 Å². The van der Waals surface area contributed by atoms with Crippen LogP contribution in [0.5, 0.6) is 0 Å². The van der Waals surface area contributed by atoms with E-state index < -0.39 is 0 Å². The maximum atomic E-state index is 12.1. The first-order chi connectivity index (χ1) is 10.3. The van der Waals surface area contributed by atoms with Crippen molar-refractivity contribution >= 4 is 5.91 Å². The molecule has 0 radical (unpaired) electrons. The molecule has 3 atom stereocenters. The van der Waals surface area contributed by atoms with Crippen molar-refractivity contribution in [1.82, 2.24) is 10.6 Å². The molecule has 1 aliphatic heterocycles. The van der Waals surface area contributed by atoms with Gasteiger partial charge in [-0.25, -0.2) is 0 Å². The molecule has 0 spiro atoms. The molecule has 1 heterocycles. The average molecular weight is 290 g/mol. The lowest BCUT2D eigenvalue weighted by atomic mass is 9.77. The van der Waals surface area contributed by atoms with E-state index in [1.807, 2.05) is 19.4 Å². The summed E-state index contributed by atoms with van der Waals surface area (Å²) in [5.74, 6) is 1.48. The quantitative estimate of drug-likeness (QED) is 0.765. The van der Waals surface area contributed by atoms with Crippen LogP contribution in [0, 0.1) is 17.8 Å². The fourth-order valence-corrected chi connectivity index (χ4v) is 3.53. The van der Waals surface area contributed by atoms with Crippen LogP contribution in [0.1, 0.15) is 45.4 Å². The minimum absolute atomic E-state index is 0.224.